The van der Waals surface area contributed by atoms with Crippen molar-refractivity contribution in [3.8, 4) is 0 Å². The van der Waals surface area contributed by atoms with E-state index in [0.717, 1.165) is 36.9 Å². The number of benzene rings is 1. The third-order valence-electron chi connectivity index (χ3n) is 3.80. The number of ether oxygens (including phenoxy) is 1. The molecule has 4 nitrogen and oxygen atoms in total. The average Bonchev–Trinajstić information content (AvgIpc) is 2.50. The van der Waals surface area contributed by atoms with Crippen molar-refractivity contribution in [1.29, 1.82) is 0 Å². The first-order valence-corrected chi connectivity index (χ1v) is 7.78. The van der Waals surface area contributed by atoms with Gasteiger partial charge in [0, 0.05) is 19.2 Å². The average molecular weight is 292 g/mol. The Bertz CT molecular complexity index is 421. The van der Waals surface area contributed by atoms with Crippen molar-refractivity contribution in [3.05, 3.63) is 29.8 Å². The first kappa shape index (κ1) is 17.7. The minimum absolute atomic E-state index is 0.0790. The second kappa shape index (κ2) is 10.4. The van der Waals surface area contributed by atoms with Gasteiger partial charge < -0.3 is 15.8 Å². The fourth-order valence-corrected chi connectivity index (χ4v) is 2.41. The highest BCUT2D eigenvalue weighted by molar-refractivity contribution is 5.91. The maximum absolute atomic E-state index is 12.1. The van der Waals surface area contributed by atoms with Gasteiger partial charge in [0.2, 0.25) is 5.91 Å². The van der Waals surface area contributed by atoms with E-state index in [2.05, 4.69) is 12.2 Å². The van der Waals surface area contributed by atoms with E-state index in [1.54, 1.807) is 7.11 Å². The Labute approximate surface area is 128 Å². The fraction of sp³-hybridized carbons (Fsp3) is 0.588. The number of anilines is 1. The molecule has 1 aromatic rings. The zero-order valence-electron chi connectivity index (χ0n) is 13.2. The monoisotopic (exact) mass is 292 g/mol. The Balaban J connectivity index is 2.50. The first-order chi connectivity index (χ1) is 10.2. The molecule has 0 aliphatic rings. The van der Waals surface area contributed by atoms with Crippen molar-refractivity contribution < 1.29 is 9.53 Å². The normalized spacial score (nSPS) is 12.1. The van der Waals surface area contributed by atoms with Crippen LogP contribution in [0.15, 0.2) is 24.3 Å². The Morgan fingerprint density at radius 2 is 2.10 bits per heavy atom. The molecular weight excluding hydrogens is 264 g/mol. The molecule has 0 bridgehead atoms. The summed E-state index contributed by atoms with van der Waals surface area (Å²) in [5.41, 5.74) is 7.60. The van der Waals surface area contributed by atoms with Crippen LogP contribution >= 0.6 is 0 Å². The molecule has 21 heavy (non-hydrogen) atoms. The van der Waals surface area contributed by atoms with Gasteiger partial charge in [-0.3, -0.25) is 4.79 Å². The predicted octanol–water partition coefficient (Wildman–Crippen LogP) is 2.97. The van der Waals surface area contributed by atoms with Crippen molar-refractivity contribution in [3.63, 3.8) is 0 Å². The lowest BCUT2D eigenvalue weighted by Crippen LogP contribution is -2.16. The van der Waals surface area contributed by atoms with E-state index >= 15 is 0 Å². The Morgan fingerprint density at radius 3 is 2.76 bits per heavy atom. The molecule has 3 N–H and O–H groups in total. The molecular formula is C17H28N2O2. The molecule has 0 radical (unpaired) electrons. The molecule has 0 aliphatic heterocycles. The van der Waals surface area contributed by atoms with E-state index in [9.17, 15) is 4.79 Å². The quantitative estimate of drug-likeness (QED) is 0.697. The molecule has 4 heteroatoms. The summed E-state index contributed by atoms with van der Waals surface area (Å²) in [5, 5.41) is 3.02. The van der Waals surface area contributed by atoms with E-state index in [1.165, 1.54) is 0 Å². The molecule has 0 fully saturated rings. The highest BCUT2D eigenvalue weighted by atomic mass is 16.5. The molecule has 0 aliphatic carbocycles. The third-order valence-corrected chi connectivity index (χ3v) is 3.80. The molecule has 0 spiro atoms. The third kappa shape index (κ3) is 6.74. The van der Waals surface area contributed by atoms with Crippen molar-refractivity contribution in [1.82, 2.24) is 0 Å². The van der Waals surface area contributed by atoms with E-state index in [0.29, 0.717) is 25.5 Å². The molecule has 0 saturated heterocycles. The summed E-state index contributed by atoms with van der Waals surface area (Å²) >= 11 is 0. The van der Waals surface area contributed by atoms with E-state index in [4.69, 9.17) is 10.5 Å². The van der Waals surface area contributed by atoms with E-state index < -0.39 is 0 Å². The maximum Gasteiger partial charge on any atom is 0.224 e. The van der Waals surface area contributed by atoms with Crippen molar-refractivity contribution in [2.45, 2.75) is 39.0 Å². The van der Waals surface area contributed by atoms with Gasteiger partial charge in [-0.15, -0.1) is 0 Å². The number of amides is 1. The number of hydrogen-bond acceptors (Lipinski definition) is 3. The molecule has 0 heterocycles. The number of nitrogens with one attached hydrogen (secondary N) is 1. The number of para-hydroxylation sites is 1. The number of carbonyl (C=O) groups excluding carboxylic acids is 1. The summed E-state index contributed by atoms with van der Waals surface area (Å²) in [6.45, 7) is 3.50. The van der Waals surface area contributed by atoms with Crippen LogP contribution in [0.1, 0.15) is 38.2 Å². The zero-order valence-corrected chi connectivity index (χ0v) is 13.2. The van der Waals surface area contributed by atoms with Gasteiger partial charge in [-0.1, -0.05) is 31.5 Å². The lowest BCUT2D eigenvalue weighted by molar-refractivity contribution is -0.116. The van der Waals surface area contributed by atoms with Gasteiger partial charge in [-0.2, -0.15) is 0 Å². The Hall–Kier alpha value is -1.39. The number of carbonyl (C=O) groups is 1. The summed E-state index contributed by atoms with van der Waals surface area (Å²) in [6, 6.07) is 7.89. The first-order valence-electron chi connectivity index (χ1n) is 7.78. The molecule has 118 valence electrons. The molecule has 1 aromatic carbocycles. The predicted molar refractivity (Wildman–Crippen MR) is 87.3 cm³/mol. The minimum Gasteiger partial charge on any atom is -0.384 e. The van der Waals surface area contributed by atoms with Crippen LogP contribution in [-0.2, 0) is 16.0 Å². The summed E-state index contributed by atoms with van der Waals surface area (Å²) in [4.78, 5) is 12.1. The highest BCUT2D eigenvalue weighted by Crippen LogP contribution is 2.18. The van der Waals surface area contributed by atoms with Crippen molar-refractivity contribution in [2.24, 2.45) is 11.7 Å². The summed E-state index contributed by atoms with van der Waals surface area (Å²) in [7, 11) is 1.68. The number of hydrogen-bond donors (Lipinski definition) is 2. The number of nitrogens with two attached hydrogens (primary N) is 1. The second-order valence-electron chi connectivity index (χ2n) is 5.34. The van der Waals surface area contributed by atoms with E-state index in [1.807, 2.05) is 24.3 Å². The summed E-state index contributed by atoms with van der Waals surface area (Å²) in [6.07, 6.45) is 4.33. The second-order valence-corrected chi connectivity index (χ2v) is 5.34. The Kier molecular flexibility index (Phi) is 8.71. The minimum atomic E-state index is 0.0790. The molecule has 0 saturated carbocycles. The van der Waals surface area contributed by atoms with Gasteiger partial charge in [0.15, 0.2) is 0 Å². The van der Waals surface area contributed by atoms with Crippen LogP contribution in [-0.4, -0.2) is 26.2 Å². The molecule has 1 atom stereocenters. The standard InChI is InChI=1S/C17H28N2O2/c1-3-14(10-12-18)8-9-17(20)19-16-7-5-4-6-15(16)11-13-21-2/h4-7,14H,3,8-13,18H2,1-2H3,(H,19,20). The van der Waals surface area contributed by atoms with Crippen LogP contribution < -0.4 is 11.1 Å². The van der Waals surface area contributed by atoms with Crippen LogP contribution in [0.5, 0.6) is 0 Å². The summed E-state index contributed by atoms with van der Waals surface area (Å²) < 4.78 is 5.10. The highest BCUT2D eigenvalue weighted by Gasteiger charge is 2.10. The van der Waals surface area contributed by atoms with Gasteiger partial charge in [-0.05, 0) is 43.4 Å². The van der Waals surface area contributed by atoms with Gasteiger partial charge in [0.05, 0.1) is 6.61 Å². The zero-order chi connectivity index (χ0) is 15.5. The molecule has 1 amide bonds. The van der Waals surface area contributed by atoms with Gasteiger partial charge in [-0.25, -0.2) is 0 Å². The summed E-state index contributed by atoms with van der Waals surface area (Å²) in [5.74, 6) is 0.625. The van der Waals surface area contributed by atoms with Gasteiger partial charge >= 0.3 is 0 Å². The van der Waals surface area contributed by atoms with Crippen molar-refractivity contribution >= 4 is 11.6 Å². The lowest BCUT2D eigenvalue weighted by atomic mass is 9.96. The molecule has 1 unspecified atom stereocenters. The van der Waals surface area contributed by atoms with Crippen LogP contribution in [0, 0.1) is 5.92 Å². The largest absolute Gasteiger partial charge is 0.384 e. The van der Waals surface area contributed by atoms with Crippen LogP contribution in [0.4, 0.5) is 5.69 Å². The van der Waals surface area contributed by atoms with Crippen LogP contribution in [0.25, 0.3) is 0 Å². The molecule has 0 aromatic heterocycles. The SMILES string of the molecule is CCC(CCN)CCC(=O)Nc1ccccc1CCOC. The van der Waals surface area contributed by atoms with Crippen LogP contribution in [0.3, 0.4) is 0 Å². The smallest absolute Gasteiger partial charge is 0.224 e. The topological polar surface area (TPSA) is 64.4 Å². The fourth-order valence-electron chi connectivity index (χ4n) is 2.41. The lowest BCUT2D eigenvalue weighted by Gasteiger charge is -2.14. The number of methoxy groups -OCH3 is 1. The van der Waals surface area contributed by atoms with E-state index in [-0.39, 0.29) is 5.91 Å². The van der Waals surface area contributed by atoms with Gasteiger partial charge in [0.1, 0.15) is 0 Å². The van der Waals surface area contributed by atoms with Gasteiger partial charge in [0.25, 0.3) is 0 Å². The molecule has 1 rings (SSSR count). The maximum atomic E-state index is 12.1. The van der Waals surface area contributed by atoms with Crippen LogP contribution in [0.2, 0.25) is 0 Å². The Morgan fingerprint density at radius 1 is 1.33 bits per heavy atom. The van der Waals surface area contributed by atoms with Crippen molar-refractivity contribution in [2.75, 3.05) is 25.6 Å². The number of rotatable bonds is 10.